The number of aliphatic carboxylic acids is 1. The number of anilines is 1. The molecule has 1 aliphatic carbocycles. The lowest BCUT2D eigenvalue weighted by Crippen LogP contribution is -2.49. The summed E-state index contributed by atoms with van der Waals surface area (Å²) in [6.07, 6.45) is 4.17. The second-order valence-electron chi connectivity index (χ2n) is 5.67. The fraction of sp³-hybridized carbons (Fsp3) is 0.714. The van der Waals surface area contributed by atoms with E-state index in [4.69, 9.17) is 0 Å². The molecule has 20 heavy (non-hydrogen) atoms. The molecule has 0 bridgehead atoms. The Morgan fingerprint density at radius 1 is 1.30 bits per heavy atom. The standard InChI is InChI=1S/C14H22N4O2/c1-4-11-5-7-14(8-6-11,12(19)20)16-13-15-9(2)10(3)17-18-13/h11H,4-8H2,1-3H3,(H,19,20)(H,15,16,18). The number of carboxylic acids is 1. The highest BCUT2D eigenvalue weighted by Crippen LogP contribution is 2.35. The molecule has 1 heterocycles. The Labute approximate surface area is 119 Å². The Balaban J connectivity index is 2.17. The highest BCUT2D eigenvalue weighted by Gasteiger charge is 2.42. The summed E-state index contributed by atoms with van der Waals surface area (Å²) < 4.78 is 0. The Bertz CT molecular complexity index is 496. The van der Waals surface area contributed by atoms with Crippen molar-refractivity contribution in [1.82, 2.24) is 15.2 Å². The van der Waals surface area contributed by atoms with Crippen molar-refractivity contribution < 1.29 is 9.90 Å². The van der Waals surface area contributed by atoms with Gasteiger partial charge in [-0.3, -0.25) is 0 Å². The molecule has 1 aliphatic rings. The lowest BCUT2D eigenvalue weighted by Gasteiger charge is -2.37. The number of aryl methyl sites for hydroxylation is 2. The number of nitrogens with one attached hydrogen (secondary N) is 1. The zero-order valence-electron chi connectivity index (χ0n) is 12.3. The van der Waals surface area contributed by atoms with E-state index in [0.717, 1.165) is 30.7 Å². The summed E-state index contributed by atoms with van der Waals surface area (Å²) >= 11 is 0. The largest absolute Gasteiger partial charge is 0.480 e. The molecule has 2 N–H and O–H groups in total. The normalized spacial score (nSPS) is 26.2. The van der Waals surface area contributed by atoms with E-state index in [2.05, 4.69) is 27.4 Å². The SMILES string of the molecule is CCC1CCC(Nc2nnc(C)c(C)n2)(C(=O)O)CC1. The lowest BCUT2D eigenvalue weighted by molar-refractivity contribution is -0.143. The Kier molecular flexibility index (Phi) is 4.20. The van der Waals surface area contributed by atoms with Crippen molar-refractivity contribution >= 4 is 11.9 Å². The maximum Gasteiger partial charge on any atom is 0.329 e. The summed E-state index contributed by atoms with van der Waals surface area (Å²) in [5.74, 6) is 0.113. The minimum Gasteiger partial charge on any atom is -0.480 e. The van der Waals surface area contributed by atoms with Gasteiger partial charge in [-0.2, -0.15) is 5.10 Å². The summed E-state index contributed by atoms with van der Waals surface area (Å²) in [6, 6.07) is 0. The Hall–Kier alpha value is -1.72. The van der Waals surface area contributed by atoms with Crippen LogP contribution in [0.2, 0.25) is 0 Å². The lowest BCUT2D eigenvalue weighted by atomic mass is 9.75. The van der Waals surface area contributed by atoms with Crippen molar-refractivity contribution in [1.29, 1.82) is 0 Å². The van der Waals surface area contributed by atoms with Gasteiger partial charge in [-0.25, -0.2) is 9.78 Å². The first kappa shape index (κ1) is 14.7. The van der Waals surface area contributed by atoms with Gasteiger partial charge in [0, 0.05) is 0 Å². The molecule has 0 aliphatic heterocycles. The number of aromatic nitrogens is 3. The van der Waals surface area contributed by atoms with Crippen LogP contribution in [0.5, 0.6) is 0 Å². The quantitative estimate of drug-likeness (QED) is 0.878. The molecule has 0 saturated heterocycles. The molecule has 0 aromatic carbocycles. The second kappa shape index (κ2) is 5.73. The highest BCUT2D eigenvalue weighted by molar-refractivity contribution is 5.82. The van der Waals surface area contributed by atoms with Gasteiger partial charge >= 0.3 is 5.97 Å². The predicted molar refractivity (Wildman–Crippen MR) is 75.5 cm³/mol. The molecule has 0 atom stereocenters. The van der Waals surface area contributed by atoms with Crippen LogP contribution in [0.3, 0.4) is 0 Å². The van der Waals surface area contributed by atoms with Crippen molar-refractivity contribution in [3.63, 3.8) is 0 Å². The molecule has 1 aromatic heterocycles. The third kappa shape index (κ3) is 2.89. The van der Waals surface area contributed by atoms with Crippen LogP contribution in [0.25, 0.3) is 0 Å². The molecule has 1 aromatic rings. The van der Waals surface area contributed by atoms with E-state index < -0.39 is 11.5 Å². The summed E-state index contributed by atoms with van der Waals surface area (Å²) in [7, 11) is 0. The molecule has 0 radical (unpaired) electrons. The number of rotatable bonds is 4. The van der Waals surface area contributed by atoms with E-state index in [1.54, 1.807) is 0 Å². The van der Waals surface area contributed by atoms with E-state index in [1.165, 1.54) is 0 Å². The van der Waals surface area contributed by atoms with Crippen LogP contribution >= 0.6 is 0 Å². The zero-order chi connectivity index (χ0) is 14.8. The van der Waals surface area contributed by atoms with Crippen LogP contribution in [-0.2, 0) is 4.79 Å². The third-order valence-electron chi connectivity index (χ3n) is 4.39. The maximum atomic E-state index is 11.7. The van der Waals surface area contributed by atoms with Crippen molar-refractivity contribution in [3.8, 4) is 0 Å². The van der Waals surface area contributed by atoms with Crippen LogP contribution in [0.15, 0.2) is 0 Å². The van der Waals surface area contributed by atoms with Gasteiger partial charge in [-0.15, -0.1) is 5.10 Å². The fourth-order valence-electron chi connectivity index (χ4n) is 2.69. The van der Waals surface area contributed by atoms with Gasteiger partial charge in [0.25, 0.3) is 0 Å². The van der Waals surface area contributed by atoms with Gasteiger partial charge < -0.3 is 10.4 Å². The number of hydrogen-bond donors (Lipinski definition) is 2. The first-order valence-electron chi connectivity index (χ1n) is 7.16. The molecule has 0 unspecified atom stereocenters. The average molecular weight is 278 g/mol. The van der Waals surface area contributed by atoms with Gasteiger partial charge in [-0.1, -0.05) is 13.3 Å². The van der Waals surface area contributed by atoms with Crippen LogP contribution in [0, 0.1) is 19.8 Å². The van der Waals surface area contributed by atoms with E-state index in [9.17, 15) is 9.90 Å². The van der Waals surface area contributed by atoms with Crippen molar-refractivity contribution in [3.05, 3.63) is 11.4 Å². The van der Waals surface area contributed by atoms with Crippen molar-refractivity contribution in [2.75, 3.05) is 5.32 Å². The van der Waals surface area contributed by atoms with E-state index in [0.29, 0.717) is 24.7 Å². The first-order valence-corrected chi connectivity index (χ1v) is 7.16. The van der Waals surface area contributed by atoms with Gasteiger partial charge in [0.2, 0.25) is 5.95 Å². The minimum absolute atomic E-state index is 0.311. The molecule has 2 rings (SSSR count). The molecule has 110 valence electrons. The number of carboxylic acid groups (broad SMARTS) is 1. The van der Waals surface area contributed by atoms with E-state index in [1.807, 2.05) is 13.8 Å². The third-order valence-corrected chi connectivity index (χ3v) is 4.39. The topological polar surface area (TPSA) is 88.0 Å². The number of hydrogen-bond acceptors (Lipinski definition) is 5. The number of nitrogens with zero attached hydrogens (tertiary/aromatic N) is 3. The summed E-state index contributed by atoms with van der Waals surface area (Å²) in [5, 5.41) is 20.6. The molecule has 6 heteroatoms. The van der Waals surface area contributed by atoms with Crippen molar-refractivity contribution in [2.24, 2.45) is 5.92 Å². The van der Waals surface area contributed by atoms with Crippen LogP contribution in [0.4, 0.5) is 5.95 Å². The average Bonchev–Trinajstić information content (AvgIpc) is 2.43. The predicted octanol–water partition coefficient (Wildman–Crippen LogP) is 2.32. The summed E-state index contributed by atoms with van der Waals surface area (Å²) in [4.78, 5) is 16.0. The molecular formula is C14H22N4O2. The van der Waals surface area contributed by atoms with Gasteiger partial charge in [0.1, 0.15) is 5.54 Å². The minimum atomic E-state index is -0.949. The van der Waals surface area contributed by atoms with Crippen LogP contribution in [0.1, 0.15) is 50.4 Å². The summed E-state index contributed by atoms with van der Waals surface area (Å²) in [6.45, 7) is 5.83. The highest BCUT2D eigenvalue weighted by atomic mass is 16.4. The first-order chi connectivity index (χ1) is 9.47. The van der Waals surface area contributed by atoms with Crippen LogP contribution in [-0.4, -0.2) is 31.8 Å². The summed E-state index contributed by atoms with van der Waals surface area (Å²) in [5.41, 5.74) is 0.578. The van der Waals surface area contributed by atoms with E-state index in [-0.39, 0.29) is 0 Å². The molecular weight excluding hydrogens is 256 g/mol. The number of carbonyl (C=O) groups is 1. The fourth-order valence-corrected chi connectivity index (χ4v) is 2.69. The Morgan fingerprint density at radius 3 is 2.45 bits per heavy atom. The maximum absolute atomic E-state index is 11.7. The smallest absolute Gasteiger partial charge is 0.329 e. The molecule has 1 fully saturated rings. The van der Waals surface area contributed by atoms with Gasteiger partial charge in [0.15, 0.2) is 0 Å². The molecule has 0 amide bonds. The molecule has 6 nitrogen and oxygen atoms in total. The zero-order valence-corrected chi connectivity index (χ0v) is 12.3. The van der Waals surface area contributed by atoms with Crippen LogP contribution < -0.4 is 5.32 Å². The monoisotopic (exact) mass is 278 g/mol. The molecule has 0 spiro atoms. The van der Waals surface area contributed by atoms with Gasteiger partial charge in [0.05, 0.1) is 11.4 Å². The van der Waals surface area contributed by atoms with Gasteiger partial charge in [-0.05, 0) is 45.4 Å². The second-order valence-corrected chi connectivity index (χ2v) is 5.67. The van der Waals surface area contributed by atoms with E-state index >= 15 is 0 Å². The molecule has 1 saturated carbocycles. The Morgan fingerprint density at radius 2 is 1.95 bits per heavy atom. The van der Waals surface area contributed by atoms with Crippen molar-refractivity contribution in [2.45, 2.75) is 58.4 Å².